The highest BCUT2D eigenvalue weighted by atomic mass is 79.9. The van der Waals surface area contributed by atoms with Crippen LogP contribution in [0.5, 0.6) is 11.5 Å². The molecular formula is C16H24BrNO3. The fourth-order valence-electron chi connectivity index (χ4n) is 2.96. The van der Waals surface area contributed by atoms with E-state index in [0.29, 0.717) is 0 Å². The van der Waals surface area contributed by atoms with Gasteiger partial charge in [-0.05, 0) is 60.8 Å². The van der Waals surface area contributed by atoms with Crippen molar-refractivity contribution in [2.45, 2.75) is 37.3 Å². The number of rotatable bonds is 7. The Morgan fingerprint density at radius 1 is 1.19 bits per heavy atom. The highest BCUT2D eigenvalue weighted by Gasteiger charge is 2.39. The zero-order chi connectivity index (χ0) is 15.5. The minimum atomic E-state index is -0.000995. The topological polar surface area (TPSA) is 39.7 Å². The lowest BCUT2D eigenvalue weighted by molar-refractivity contribution is -0.0835. The molecule has 1 saturated carbocycles. The normalized spacial score (nSPS) is 18.0. The number of hydrogen-bond donors (Lipinski definition) is 1. The van der Waals surface area contributed by atoms with Gasteiger partial charge in [-0.3, -0.25) is 0 Å². The molecule has 118 valence electrons. The first-order valence-electron chi connectivity index (χ1n) is 7.23. The van der Waals surface area contributed by atoms with E-state index in [0.717, 1.165) is 40.8 Å². The second-order valence-corrected chi connectivity index (χ2v) is 6.37. The van der Waals surface area contributed by atoms with Crippen molar-refractivity contribution < 1.29 is 14.2 Å². The molecule has 0 spiro atoms. The van der Waals surface area contributed by atoms with Crippen LogP contribution in [0, 0.1) is 0 Å². The van der Waals surface area contributed by atoms with Crippen molar-refractivity contribution >= 4 is 15.9 Å². The molecule has 2 rings (SSSR count). The largest absolute Gasteiger partial charge is 0.496 e. The first-order valence-corrected chi connectivity index (χ1v) is 8.02. The molecule has 5 heteroatoms. The molecule has 0 saturated heterocycles. The molecule has 1 unspecified atom stereocenters. The minimum Gasteiger partial charge on any atom is -0.496 e. The van der Waals surface area contributed by atoms with Gasteiger partial charge in [0.1, 0.15) is 11.5 Å². The molecule has 0 amide bonds. The summed E-state index contributed by atoms with van der Waals surface area (Å²) in [5, 5.41) is 3.39. The van der Waals surface area contributed by atoms with E-state index >= 15 is 0 Å². The van der Waals surface area contributed by atoms with E-state index in [1.165, 1.54) is 6.42 Å². The Morgan fingerprint density at radius 3 is 2.29 bits per heavy atom. The highest BCUT2D eigenvalue weighted by Crippen LogP contribution is 2.44. The van der Waals surface area contributed by atoms with Gasteiger partial charge >= 0.3 is 0 Å². The van der Waals surface area contributed by atoms with E-state index < -0.39 is 0 Å². The van der Waals surface area contributed by atoms with E-state index in [1.54, 1.807) is 14.2 Å². The van der Waals surface area contributed by atoms with Gasteiger partial charge in [0.2, 0.25) is 0 Å². The molecular weight excluding hydrogens is 334 g/mol. The van der Waals surface area contributed by atoms with Crippen molar-refractivity contribution in [2.24, 2.45) is 0 Å². The minimum absolute atomic E-state index is 0.000995. The van der Waals surface area contributed by atoms with Gasteiger partial charge in [-0.2, -0.15) is 0 Å². The van der Waals surface area contributed by atoms with E-state index in [2.05, 4.69) is 21.2 Å². The first-order chi connectivity index (χ1) is 10.1. The fraction of sp³-hybridized carbons (Fsp3) is 0.625. The monoisotopic (exact) mass is 357 g/mol. The molecule has 0 radical (unpaired) electrons. The number of benzene rings is 1. The molecule has 0 heterocycles. The smallest absolute Gasteiger partial charge is 0.133 e. The maximum Gasteiger partial charge on any atom is 0.133 e. The Morgan fingerprint density at radius 2 is 1.86 bits per heavy atom. The number of halogens is 1. The van der Waals surface area contributed by atoms with E-state index in [-0.39, 0.29) is 11.6 Å². The predicted octanol–water partition coefficient (Wildman–Crippen LogP) is 3.69. The lowest BCUT2D eigenvalue weighted by atomic mass is 9.74. The lowest BCUT2D eigenvalue weighted by Gasteiger charge is -2.43. The summed E-state index contributed by atoms with van der Waals surface area (Å²) in [6.07, 6.45) is 4.42. The van der Waals surface area contributed by atoms with Gasteiger partial charge in [0, 0.05) is 18.7 Å². The summed E-state index contributed by atoms with van der Waals surface area (Å²) in [6.45, 7) is 0. The molecule has 1 fully saturated rings. The number of nitrogens with one attached hydrogen (secondary N) is 1. The first kappa shape index (κ1) is 16.6. The molecule has 1 aromatic rings. The summed E-state index contributed by atoms with van der Waals surface area (Å²) in [7, 11) is 7.15. The summed E-state index contributed by atoms with van der Waals surface area (Å²) in [5.41, 5.74) is 1.10. The second-order valence-electron chi connectivity index (χ2n) is 5.51. The van der Waals surface area contributed by atoms with Crippen molar-refractivity contribution in [2.75, 3.05) is 28.4 Å². The Labute approximate surface area is 135 Å². The zero-order valence-corrected chi connectivity index (χ0v) is 14.7. The van der Waals surface area contributed by atoms with Crippen molar-refractivity contribution in [3.63, 3.8) is 0 Å². The van der Waals surface area contributed by atoms with Gasteiger partial charge in [0.15, 0.2) is 0 Å². The van der Waals surface area contributed by atoms with Gasteiger partial charge in [-0.15, -0.1) is 0 Å². The third-order valence-corrected chi connectivity index (χ3v) is 5.12. The molecule has 0 bridgehead atoms. The van der Waals surface area contributed by atoms with Crippen molar-refractivity contribution in [1.82, 2.24) is 5.32 Å². The molecule has 21 heavy (non-hydrogen) atoms. The van der Waals surface area contributed by atoms with Gasteiger partial charge in [0.05, 0.1) is 24.3 Å². The fourth-order valence-corrected chi connectivity index (χ4v) is 3.44. The lowest BCUT2D eigenvalue weighted by Crippen LogP contribution is -2.42. The highest BCUT2D eigenvalue weighted by molar-refractivity contribution is 9.10. The third-order valence-electron chi connectivity index (χ3n) is 4.50. The van der Waals surface area contributed by atoms with E-state index in [1.807, 2.05) is 26.3 Å². The van der Waals surface area contributed by atoms with E-state index in [9.17, 15) is 0 Å². The molecule has 0 aromatic heterocycles. The quantitative estimate of drug-likeness (QED) is 0.807. The molecule has 1 atom stereocenters. The van der Waals surface area contributed by atoms with Gasteiger partial charge in [0.25, 0.3) is 0 Å². The van der Waals surface area contributed by atoms with Crippen molar-refractivity contribution in [3.8, 4) is 11.5 Å². The summed E-state index contributed by atoms with van der Waals surface area (Å²) in [5.74, 6) is 1.67. The average molecular weight is 358 g/mol. The standard InChI is InChI=1S/C16H24BrNO3/c1-18-13(10-16(21-4)6-5-7-16)11-8-15(20-3)12(17)9-14(11)19-2/h8-9,13,18H,5-7,10H2,1-4H3. The van der Waals surface area contributed by atoms with Gasteiger partial charge in [-0.1, -0.05) is 0 Å². The summed E-state index contributed by atoms with van der Waals surface area (Å²) >= 11 is 3.50. The zero-order valence-electron chi connectivity index (χ0n) is 13.2. The third kappa shape index (κ3) is 3.35. The summed E-state index contributed by atoms with van der Waals surface area (Å²) in [6, 6.07) is 4.16. The van der Waals surface area contributed by atoms with Crippen LogP contribution in [0.25, 0.3) is 0 Å². The second kappa shape index (κ2) is 6.99. The Hall–Kier alpha value is -0.780. The van der Waals surface area contributed by atoms with Crippen molar-refractivity contribution in [3.05, 3.63) is 22.2 Å². The molecule has 1 aliphatic carbocycles. The van der Waals surface area contributed by atoms with Crippen LogP contribution >= 0.6 is 15.9 Å². The van der Waals surface area contributed by atoms with Crippen LogP contribution in [0.1, 0.15) is 37.3 Å². The number of ether oxygens (including phenoxy) is 3. The maximum atomic E-state index is 5.76. The number of hydrogen-bond acceptors (Lipinski definition) is 4. The molecule has 0 aliphatic heterocycles. The SMILES string of the molecule is CNC(CC1(OC)CCC1)c1cc(OC)c(Br)cc1OC. The Bertz CT molecular complexity index is 483. The maximum absolute atomic E-state index is 5.76. The Balaban J connectivity index is 2.32. The predicted molar refractivity (Wildman–Crippen MR) is 87.3 cm³/mol. The van der Waals surface area contributed by atoms with Crippen LogP contribution in [-0.2, 0) is 4.74 Å². The molecule has 1 aromatic carbocycles. The number of methoxy groups -OCH3 is 3. The van der Waals surface area contributed by atoms with Crippen LogP contribution in [0.2, 0.25) is 0 Å². The Kier molecular flexibility index (Phi) is 5.52. The van der Waals surface area contributed by atoms with E-state index in [4.69, 9.17) is 14.2 Å². The molecule has 1 aliphatic rings. The average Bonchev–Trinajstić information content (AvgIpc) is 2.47. The van der Waals surface area contributed by atoms with Gasteiger partial charge in [-0.25, -0.2) is 0 Å². The van der Waals surface area contributed by atoms with Crippen LogP contribution in [-0.4, -0.2) is 34.0 Å². The van der Waals surface area contributed by atoms with Crippen molar-refractivity contribution in [1.29, 1.82) is 0 Å². The van der Waals surface area contributed by atoms with Crippen LogP contribution in [0.3, 0.4) is 0 Å². The van der Waals surface area contributed by atoms with Crippen LogP contribution < -0.4 is 14.8 Å². The summed E-state index contributed by atoms with van der Waals surface area (Å²) < 4.78 is 17.6. The summed E-state index contributed by atoms with van der Waals surface area (Å²) in [4.78, 5) is 0. The molecule has 1 N–H and O–H groups in total. The van der Waals surface area contributed by atoms with Gasteiger partial charge < -0.3 is 19.5 Å². The van der Waals surface area contributed by atoms with Crippen LogP contribution in [0.4, 0.5) is 0 Å². The molecule has 4 nitrogen and oxygen atoms in total. The van der Waals surface area contributed by atoms with Crippen LogP contribution in [0.15, 0.2) is 16.6 Å².